The van der Waals surface area contributed by atoms with Crippen molar-refractivity contribution < 1.29 is 13.9 Å². The maximum Gasteiger partial charge on any atom is 0.310 e. The summed E-state index contributed by atoms with van der Waals surface area (Å²) in [6.45, 7) is 1.05. The van der Waals surface area contributed by atoms with Gasteiger partial charge in [0.15, 0.2) is 0 Å². The standard InChI is InChI=1S/C11H12BrFN2O2/c1-17-11(16)9-5-14-4-8(9)7-2-6(12)3-15-10(7)13/h2-3,8-9,14H,4-5H2,1H3. The van der Waals surface area contributed by atoms with E-state index < -0.39 is 5.95 Å². The number of carbonyl (C=O) groups is 1. The number of halogens is 2. The minimum absolute atomic E-state index is 0.229. The van der Waals surface area contributed by atoms with Crippen LogP contribution in [0.2, 0.25) is 0 Å². The first-order valence-electron chi connectivity index (χ1n) is 5.23. The minimum Gasteiger partial charge on any atom is -0.469 e. The molecule has 1 aliphatic heterocycles. The van der Waals surface area contributed by atoms with Crippen LogP contribution in [0.5, 0.6) is 0 Å². The fourth-order valence-corrected chi connectivity index (χ4v) is 2.45. The predicted octanol–water partition coefficient (Wildman–Crippen LogP) is 1.46. The van der Waals surface area contributed by atoms with Crippen molar-refractivity contribution in [3.8, 4) is 0 Å². The van der Waals surface area contributed by atoms with Crippen LogP contribution >= 0.6 is 15.9 Å². The molecule has 92 valence electrons. The van der Waals surface area contributed by atoms with E-state index >= 15 is 0 Å². The van der Waals surface area contributed by atoms with Crippen LogP contribution < -0.4 is 5.32 Å². The van der Waals surface area contributed by atoms with Crippen molar-refractivity contribution in [2.24, 2.45) is 5.92 Å². The van der Waals surface area contributed by atoms with E-state index in [4.69, 9.17) is 4.74 Å². The molecule has 2 heterocycles. The minimum atomic E-state index is -0.532. The molecule has 1 fully saturated rings. The Morgan fingerprint density at radius 2 is 2.41 bits per heavy atom. The Labute approximate surface area is 107 Å². The Balaban J connectivity index is 2.32. The summed E-state index contributed by atoms with van der Waals surface area (Å²) >= 11 is 3.25. The Kier molecular flexibility index (Phi) is 3.73. The Hall–Kier alpha value is -1.01. The summed E-state index contributed by atoms with van der Waals surface area (Å²) in [5, 5.41) is 3.07. The van der Waals surface area contributed by atoms with E-state index in [1.165, 1.54) is 13.3 Å². The predicted molar refractivity (Wildman–Crippen MR) is 63.0 cm³/mol. The highest BCUT2D eigenvalue weighted by atomic mass is 79.9. The van der Waals surface area contributed by atoms with Gasteiger partial charge in [-0.2, -0.15) is 4.39 Å². The zero-order valence-corrected chi connectivity index (χ0v) is 10.8. The van der Waals surface area contributed by atoms with Gasteiger partial charge in [-0.1, -0.05) is 0 Å². The summed E-state index contributed by atoms with van der Waals surface area (Å²) in [6, 6.07) is 1.66. The molecule has 0 aromatic carbocycles. The molecule has 0 amide bonds. The van der Waals surface area contributed by atoms with Crippen LogP contribution in [0, 0.1) is 11.9 Å². The van der Waals surface area contributed by atoms with Crippen LogP contribution in [0.1, 0.15) is 11.5 Å². The molecule has 4 nitrogen and oxygen atoms in total. The average Bonchev–Trinajstić information content (AvgIpc) is 2.80. The summed E-state index contributed by atoms with van der Waals surface area (Å²) in [5.74, 6) is -1.44. The van der Waals surface area contributed by atoms with Gasteiger partial charge in [0.2, 0.25) is 5.95 Å². The number of esters is 1. The van der Waals surface area contributed by atoms with Crippen LogP contribution in [0.15, 0.2) is 16.7 Å². The third kappa shape index (κ3) is 2.47. The van der Waals surface area contributed by atoms with Crippen LogP contribution in [0.3, 0.4) is 0 Å². The molecule has 2 atom stereocenters. The lowest BCUT2D eigenvalue weighted by atomic mass is 9.90. The van der Waals surface area contributed by atoms with Crippen LogP contribution in [0.25, 0.3) is 0 Å². The van der Waals surface area contributed by atoms with Crippen molar-refractivity contribution in [1.82, 2.24) is 10.3 Å². The largest absolute Gasteiger partial charge is 0.469 e. The lowest BCUT2D eigenvalue weighted by Crippen LogP contribution is -2.23. The van der Waals surface area contributed by atoms with Gasteiger partial charge < -0.3 is 10.1 Å². The molecule has 0 aliphatic carbocycles. The number of nitrogens with zero attached hydrogens (tertiary/aromatic N) is 1. The van der Waals surface area contributed by atoms with Gasteiger partial charge >= 0.3 is 5.97 Å². The van der Waals surface area contributed by atoms with E-state index in [-0.39, 0.29) is 17.8 Å². The molecule has 17 heavy (non-hydrogen) atoms. The molecule has 0 saturated carbocycles. The lowest BCUT2D eigenvalue weighted by Gasteiger charge is -2.17. The highest BCUT2D eigenvalue weighted by Gasteiger charge is 2.36. The molecular weight excluding hydrogens is 291 g/mol. The third-order valence-electron chi connectivity index (χ3n) is 2.95. The first-order valence-corrected chi connectivity index (χ1v) is 6.02. The van der Waals surface area contributed by atoms with Crippen LogP contribution in [0.4, 0.5) is 4.39 Å². The molecule has 6 heteroatoms. The fraction of sp³-hybridized carbons (Fsp3) is 0.455. The van der Waals surface area contributed by atoms with E-state index in [2.05, 4.69) is 26.2 Å². The summed E-state index contributed by atoms with van der Waals surface area (Å²) in [7, 11) is 1.34. The van der Waals surface area contributed by atoms with E-state index in [1.54, 1.807) is 6.07 Å². The number of hydrogen-bond acceptors (Lipinski definition) is 4. The lowest BCUT2D eigenvalue weighted by molar-refractivity contribution is -0.145. The molecule has 1 N–H and O–H groups in total. The Morgan fingerprint density at radius 1 is 1.65 bits per heavy atom. The number of methoxy groups -OCH3 is 1. The summed E-state index contributed by atoms with van der Waals surface area (Å²) in [6.07, 6.45) is 1.40. The molecule has 2 rings (SSSR count). The Bertz CT molecular complexity index is 441. The van der Waals surface area contributed by atoms with Crippen LogP contribution in [-0.2, 0) is 9.53 Å². The maximum atomic E-state index is 13.7. The highest BCUT2D eigenvalue weighted by molar-refractivity contribution is 9.10. The molecular formula is C11H12BrFN2O2. The highest BCUT2D eigenvalue weighted by Crippen LogP contribution is 2.31. The molecule has 1 saturated heterocycles. The van der Waals surface area contributed by atoms with Crippen molar-refractivity contribution in [2.75, 3.05) is 20.2 Å². The number of ether oxygens (including phenoxy) is 1. The molecule has 2 unspecified atom stereocenters. The number of pyridine rings is 1. The molecule has 1 aromatic rings. The number of hydrogen-bond donors (Lipinski definition) is 1. The van der Waals surface area contributed by atoms with E-state index in [9.17, 15) is 9.18 Å². The van der Waals surface area contributed by atoms with Crippen molar-refractivity contribution >= 4 is 21.9 Å². The molecule has 0 spiro atoms. The van der Waals surface area contributed by atoms with E-state index in [0.29, 0.717) is 23.1 Å². The number of nitrogens with one attached hydrogen (secondary N) is 1. The van der Waals surface area contributed by atoms with Gasteiger partial charge in [0.05, 0.1) is 13.0 Å². The van der Waals surface area contributed by atoms with Crippen molar-refractivity contribution in [3.63, 3.8) is 0 Å². The zero-order chi connectivity index (χ0) is 12.4. The summed E-state index contributed by atoms with van der Waals surface area (Å²) < 4.78 is 19.1. The fourth-order valence-electron chi connectivity index (χ4n) is 2.10. The molecule has 1 aliphatic rings. The van der Waals surface area contributed by atoms with Crippen molar-refractivity contribution in [3.05, 3.63) is 28.2 Å². The van der Waals surface area contributed by atoms with E-state index in [1.807, 2.05) is 0 Å². The number of rotatable bonds is 2. The zero-order valence-electron chi connectivity index (χ0n) is 9.24. The SMILES string of the molecule is COC(=O)C1CNCC1c1cc(Br)cnc1F. The second-order valence-corrected chi connectivity index (χ2v) is 4.84. The van der Waals surface area contributed by atoms with Crippen molar-refractivity contribution in [2.45, 2.75) is 5.92 Å². The second-order valence-electron chi connectivity index (χ2n) is 3.93. The molecule has 0 radical (unpaired) electrons. The number of carbonyl (C=O) groups excluding carboxylic acids is 1. The van der Waals surface area contributed by atoms with Gasteiger partial charge in [0, 0.05) is 35.2 Å². The normalized spacial score (nSPS) is 23.7. The number of aromatic nitrogens is 1. The smallest absolute Gasteiger partial charge is 0.310 e. The van der Waals surface area contributed by atoms with Gasteiger partial charge in [0.25, 0.3) is 0 Å². The van der Waals surface area contributed by atoms with Crippen molar-refractivity contribution in [1.29, 1.82) is 0 Å². The van der Waals surface area contributed by atoms with Gasteiger partial charge in [-0.25, -0.2) is 4.98 Å². The third-order valence-corrected chi connectivity index (χ3v) is 3.38. The first-order chi connectivity index (χ1) is 8.13. The summed E-state index contributed by atoms with van der Waals surface area (Å²) in [4.78, 5) is 15.2. The molecule has 1 aromatic heterocycles. The Morgan fingerprint density at radius 3 is 3.12 bits per heavy atom. The summed E-state index contributed by atoms with van der Waals surface area (Å²) in [5.41, 5.74) is 0.444. The van der Waals surface area contributed by atoms with Gasteiger partial charge in [-0.05, 0) is 22.0 Å². The second kappa shape index (κ2) is 5.10. The van der Waals surface area contributed by atoms with E-state index in [0.717, 1.165) is 0 Å². The topological polar surface area (TPSA) is 51.2 Å². The maximum absolute atomic E-state index is 13.7. The monoisotopic (exact) mass is 302 g/mol. The van der Waals surface area contributed by atoms with Gasteiger partial charge in [0.1, 0.15) is 0 Å². The average molecular weight is 303 g/mol. The quantitative estimate of drug-likeness (QED) is 0.664. The molecule has 0 bridgehead atoms. The van der Waals surface area contributed by atoms with Crippen LogP contribution in [-0.4, -0.2) is 31.2 Å². The first kappa shape index (κ1) is 12.4. The van der Waals surface area contributed by atoms with Gasteiger partial charge in [-0.15, -0.1) is 0 Å². The van der Waals surface area contributed by atoms with Gasteiger partial charge in [-0.3, -0.25) is 4.79 Å².